The van der Waals surface area contributed by atoms with Gasteiger partial charge in [0.2, 0.25) is 0 Å². The number of carbonyl (C=O) groups is 1. The highest BCUT2D eigenvalue weighted by atomic mass is 16.6. The van der Waals surface area contributed by atoms with Crippen molar-refractivity contribution in [3.05, 3.63) is 52.3 Å². The summed E-state index contributed by atoms with van der Waals surface area (Å²) in [6.07, 6.45) is 1.30. The lowest BCUT2D eigenvalue weighted by molar-refractivity contribution is -0.384. The summed E-state index contributed by atoms with van der Waals surface area (Å²) in [7, 11) is 1.58. The number of phenols is 1. The van der Waals surface area contributed by atoms with E-state index >= 15 is 0 Å². The standard InChI is InChI=1S/C14H15N3O4/c1-3-16(10-5-4-6-12(18)7-10)14(19)13-8-11(17(20)21)9-15(13)2/h4-9,18H,3H2,1-2H3. The second-order valence-corrected chi connectivity index (χ2v) is 4.52. The van der Waals surface area contributed by atoms with Gasteiger partial charge in [-0.15, -0.1) is 0 Å². The van der Waals surface area contributed by atoms with E-state index in [2.05, 4.69) is 0 Å². The number of hydrogen-bond acceptors (Lipinski definition) is 4. The third-order valence-corrected chi connectivity index (χ3v) is 3.12. The Bertz CT molecular complexity index is 693. The number of aryl methyl sites for hydroxylation is 1. The molecule has 0 bridgehead atoms. The summed E-state index contributed by atoms with van der Waals surface area (Å²) >= 11 is 0. The lowest BCUT2D eigenvalue weighted by Crippen LogP contribution is -2.31. The van der Waals surface area contributed by atoms with Crippen LogP contribution in [-0.2, 0) is 7.05 Å². The molecular weight excluding hydrogens is 274 g/mol. The summed E-state index contributed by atoms with van der Waals surface area (Å²) in [5.74, 6) is -0.310. The van der Waals surface area contributed by atoms with Gasteiger partial charge in [0.25, 0.3) is 11.6 Å². The molecule has 0 atom stereocenters. The Kier molecular flexibility index (Phi) is 3.93. The van der Waals surface area contributed by atoms with Crippen LogP contribution in [0.4, 0.5) is 11.4 Å². The molecule has 0 spiro atoms. The summed E-state index contributed by atoms with van der Waals surface area (Å²) in [6.45, 7) is 2.17. The van der Waals surface area contributed by atoms with Crippen molar-refractivity contribution in [2.75, 3.05) is 11.4 Å². The number of carbonyl (C=O) groups excluding carboxylic acids is 1. The van der Waals surface area contributed by atoms with Crippen LogP contribution < -0.4 is 4.90 Å². The number of benzene rings is 1. The van der Waals surface area contributed by atoms with Gasteiger partial charge >= 0.3 is 0 Å². The lowest BCUT2D eigenvalue weighted by atomic mass is 10.2. The monoisotopic (exact) mass is 289 g/mol. The summed E-state index contributed by atoms with van der Waals surface area (Å²) in [5, 5.41) is 20.3. The van der Waals surface area contributed by atoms with E-state index in [0.29, 0.717) is 12.2 Å². The van der Waals surface area contributed by atoms with Crippen molar-refractivity contribution in [3.63, 3.8) is 0 Å². The maximum absolute atomic E-state index is 12.5. The van der Waals surface area contributed by atoms with E-state index in [9.17, 15) is 20.0 Å². The van der Waals surface area contributed by atoms with Gasteiger partial charge in [0, 0.05) is 31.4 Å². The van der Waals surface area contributed by atoms with Crippen LogP contribution >= 0.6 is 0 Å². The molecule has 0 aliphatic carbocycles. The molecule has 1 aromatic carbocycles. The Morgan fingerprint density at radius 3 is 2.67 bits per heavy atom. The van der Waals surface area contributed by atoms with Crippen LogP contribution in [0.15, 0.2) is 36.5 Å². The van der Waals surface area contributed by atoms with Crippen molar-refractivity contribution >= 4 is 17.3 Å². The molecule has 0 radical (unpaired) electrons. The Balaban J connectivity index is 2.39. The van der Waals surface area contributed by atoms with Gasteiger partial charge in [-0.25, -0.2) is 0 Å². The highest BCUT2D eigenvalue weighted by Crippen LogP contribution is 2.23. The Labute approximate surface area is 121 Å². The van der Waals surface area contributed by atoms with Gasteiger partial charge in [0.1, 0.15) is 11.4 Å². The number of nitrogens with zero attached hydrogens (tertiary/aromatic N) is 3. The largest absolute Gasteiger partial charge is 0.508 e. The van der Waals surface area contributed by atoms with E-state index in [-0.39, 0.29) is 23.0 Å². The molecule has 7 heteroatoms. The number of amides is 1. The molecule has 1 amide bonds. The fourth-order valence-electron chi connectivity index (χ4n) is 2.10. The predicted octanol–water partition coefficient (Wildman–Crippen LogP) is 2.31. The fourth-order valence-corrected chi connectivity index (χ4v) is 2.10. The second-order valence-electron chi connectivity index (χ2n) is 4.52. The number of aromatic nitrogens is 1. The normalized spacial score (nSPS) is 10.4. The van der Waals surface area contributed by atoms with E-state index in [1.807, 2.05) is 0 Å². The van der Waals surface area contributed by atoms with Crippen LogP contribution in [0.5, 0.6) is 5.75 Å². The SMILES string of the molecule is CCN(C(=O)c1cc([N+](=O)[O-])cn1C)c1cccc(O)c1. The molecule has 0 aliphatic rings. The first-order chi connectivity index (χ1) is 9.93. The molecule has 1 N–H and O–H groups in total. The maximum Gasteiger partial charge on any atom is 0.287 e. The number of anilines is 1. The number of rotatable bonds is 4. The summed E-state index contributed by atoms with van der Waals surface area (Å²) in [4.78, 5) is 24.2. The van der Waals surface area contributed by atoms with Gasteiger partial charge in [0.05, 0.1) is 11.1 Å². The van der Waals surface area contributed by atoms with Gasteiger partial charge in [-0.3, -0.25) is 14.9 Å². The second kappa shape index (κ2) is 5.66. The van der Waals surface area contributed by atoms with Gasteiger partial charge < -0.3 is 14.6 Å². The first-order valence-electron chi connectivity index (χ1n) is 6.35. The molecule has 0 fully saturated rings. The van der Waals surface area contributed by atoms with E-state index in [1.54, 1.807) is 26.1 Å². The maximum atomic E-state index is 12.5. The minimum atomic E-state index is -0.540. The molecule has 0 unspecified atom stereocenters. The minimum Gasteiger partial charge on any atom is -0.508 e. The molecular formula is C14H15N3O4. The summed E-state index contributed by atoms with van der Waals surface area (Å²) in [6, 6.07) is 7.55. The third kappa shape index (κ3) is 2.86. The zero-order chi connectivity index (χ0) is 15.6. The molecule has 1 aromatic heterocycles. The van der Waals surface area contributed by atoms with Crippen LogP contribution in [0, 0.1) is 10.1 Å². The summed E-state index contributed by atoms with van der Waals surface area (Å²) < 4.78 is 1.42. The highest BCUT2D eigenvalue weighted by Gasteiger charge is 2.22. The first-order valence-corrected chi connectivity index (χ1v) is 6.35. The highest BCUT2D eigenvalue weighted by molar-refractivity contribution is 6.05. The molecule has 1 heterocycles. The number of nitro groups is 1. The van der Waals surface area contributed by atoms with Crippen molar-refractivity contribution in [1.29, 1.82) is 0 Å². The van der Waals surface area contributed by atoms with E-state index in [4.69, 9.17) is 0 Å². The fraction of sp³-hybridized carbons (Fsp3) is 0.214. The van der Waals surface area contributed by atoms with Crippen molar-refractivity contribution < 1.29 is 14.8 Å². The van der Waals surface area contributed by atoms with Crippen LogP contribution in [-0.4, -0.2) is 27.0 Å². The topological polar surface area (TPSA) is 88.6 Å². The van der Waals surface area contributed by atoms with Crippen LogP contribution in [0.25, 0.3) is 0 Å². The van der Waals surface area contributed by atoms with E-state index in [0.717, 1.165) is 0 Å². The molecule has 110 valence electrons. The quantitative estimate of drug-likeness (QED) is 0.691. The molecule has 0 saturated carbocycles. The van der Waals surface area contributed by atoms with Gasteiger partial charge in [0.15, 0.2) is 0 Å². The number of hydrogen-bond donors (Lipinski definition) is 1. The Hall–Kier alpha value is -2.83. The average molecular weight is 289 g/mol. The van der Waals surface area contributed by atoms with Crippen molar-refractivity contribution in [1.82, 2.24) is 4.57 Å². The smallest absolute Gasteiger partial charge is 0.287 e. The van der Waals surface area contributed by atoms with Crippen LogP contribution in [0.1, 0.15) is 17.4 Å². The van der Waals surface area contributed by atoms with Crippen molar-refractivity contribution in [2.24, 2.45) is 7.05 Å². The van der Waals surface area contributed by atoms with Crippen molar-refractivity contribution in [3.8, 4) is 5.75 Å². The molecule has 2 rings (SSSR count). The minimum absolute atomic E-state index is 0.0524. The number of phenolic OH excluding ortho intramolecular Hbond substituents is 1. The number of aromatic hydroxyl groups is 1. The molecule has 2 aromatic rings. The van der Waals surface area contributed by atoms with Gasteiger partial charge in [-0.05, 0) is 19.1 Å². The van der Waals surface area contributed by atoms with E-state index < -0.39 is 4.92 Å². The average Bonchev–Trinajstić information content (AvgIpc) is 2.82. The molecule has 0 aliphatic heterocycles. The first kappa shape index (κ1) is 14.6. The van der Waals surface area contributed by atoms with Gasteiger partial charge in [-0.2, -0.15) is 0 Å². The third-order valence-electron chi connectivity index (χ3n) is 3.12. The summed E-state index contributed by atoms with van der Waals surface area (Å²) in [5.41, 5.74) is 0.617. The molecule has 0 saturated heterocycles. The Morgan fingerprint density at radius 1 is 1.43 bits per heavy atom. The predicted molar refractivity (Wildman–Crippen MR) is 77.5 cm³/mol. The van der Waals surface area contributed by atoms with Crippen LogP contribution in [0.3, 0.4) is 0 Å². The molecule has 21 heavy (non-hydrogen) atoms. The van der Waals surface area contributed by atoms with Crippen LogP contribution in [0.2, 0.25) is 0 Å². The molecule has 7 nitrogen and oxygen atoms in total. The zero-order valence-corrected chi connectivity index (χ0v) is 11.7. The zero-order valence-electron chi connectivity index (χ0n) is 11.7. The lowest BCUT2D eigenvalue weighted by Gasteiger charge is -2.21. The Morgan fingerprint density at radius 2 is 2.14 bits per heavy atom. The van der Waals surface area contributed by atoms with Crippen molar-refractivity contribution in [2.45, 2.75) is 6.92 Å². The van der Waals surface area contributed by atoms with Gasteiger partial charge in [-0.1, -0.05) is 6.07 Å². The van der Waals surface area contributed by atoms with E-state index in [1.165, 1.54) is 33.9 Å².